The van der Waals surface area contributed by atoms with Crippen LogP contribution in [-0.4, -0.2) is 63.1 Å². The van der Waals surface area contributed by atoms with Crippen molar-refractivity contribution in [2.24, 2.45) is 0 Å². The van der Waals surface area contributed by atoms with Crippen LogP contribution < -0.4 is 9.64 Å². The minimum atomic E-state index is -3.12. The van der Waals surface area contributed by atoms with E-state index in [9.17, 15) is 8.42 Å². The quantitative estimate of drug-likeness (QED) is 0.675. The number of rotatable bonds is 5. The van der Waals surface area contributed by atoms with Gasteiger partial charge in [0.05, 0.1) is 5.75 Å². The minimum absolute atomic E-state index is 0.0287. The van der Waals surface area contributed by atoms with Gasteiger partial charge in [-0.15, -0.1) is 0 Å². The molecular formula is C23H30ClN3O3S. The van der Waals surface area contributed by atoms with Crippen molar-refractivity contribution < 1.29 is 13.2 Å². The molecule has 2 heterocycles. The van der Waals surface area contributed by atoms with Crippen molar-refractivity contribution in [3.63, 3.8) is 0 Å². The lowest BCUT2D eigenvalue weighted by atomic mass is 10.00. The lowest BCUT2D eigenvalue weighted by Crippen LogP contribution is -2.49. The fourth-order valence-corrected chi connectivity index (χ4v) is 5.60. The average molecular weight is 464 g/mol. The summed E-state index contributed by atoms with van der Waals surface area (Å²) in [5.41, 5.74) is 3.61. The van der Waals surface area contributed by atoms with E-state index < -0.39 is 10.0 Å². The van der Waals surface area contributed by atoms with Crippen LogP contribution in [0.15, 0.2) is 42.5 Å². The Morgan fingerprint density at radius 1 is 1.06 bits per heavy atom. The van der Waals surface area contributed by atoms with Gasteiger partial charge >= 0.3 is 0 Å². The standard InChI is InChI=1S/C23H30ClN3O3S/c1-3-31(28,29)27-13-11-26(12-14-27)20-7-8-22-18(15-20)17-25(2)10-9-23(22)30-21-6-4-5-19(24)16-21/h4-8,15-16,23H,3,9-14,17H2,1-2H3. The fourth-order valence-electron chi connectivity index (χ4n) is 4.34. The Labute approximate surface area is 190 Å². The van der Waals surface area contributed by atoms with Gasteiger partial charge in [-0.3, -0.25) is 0 Å². The Balaban J connectivity index is 1.54. The fraction of sp³-hybridized carbons (Fsp3) is 0.478. The lowest BCUT2D eigenvalue weighted by Gasteiger charge is -2.35. The maximum absolute atomic E-state index is 12.2. The number of nitrogens with zero attached hydrogens (tertiary/aromatic N) is 3. The van der Waals surface area contributed by atoms with Gasteiger partial charge in [-0.1, -0.05) is 23.7 Å². The second kappa shape index (κ2) is 9.36. The van der Waals surface area contributed by atoms with Crippen LogP contribution in [0.5, 0.6) is 5.75 Å². The Hall–Kier alpha value is -1.80. The molecule has 0 bridgehead atoms. The normalized spacial score (nSPS) is 20.9. The van der Waals surface area contributed by atoms with E-state index in [0.717, 1.165) is 30.9 Å². The molecule has 0 radical (unpaired) electrons. The third-order valence-electron chi connectivity index (χ3n) is 6.12. The maximum Gasteiger partial charge on any atom is 0.213 e. The van der Waals surface area contributed by atoms with Gasteiger partial charge in [-0.05, 0) is 55.4 Å². The molecule has 1 saturated heterocycles. The highest BCUT2D eigenvalue weighted by atomic mass is 35.5. The molecule has 31 heavy (non-hydrogen) atoms. The SMILES string of the molecule is CCS(=O)(=O)N1CCN(c2ccc3c(c2)CN(C)CCC3Oc2cccc(Cl)c2)CC1. The molecule has 0 N–H and O–H groups in total. The summed E-state index contributed by atoms with van der Waals surface area (Å²) in [7, 11) is -0.988. The first-order valence-electron chi connectivity index (χ1n) is 10.8. The van der Waals surface area contributed by atoms with E-state index in [0.29, 0.717) is 31.2 Å². The molecule has 1 unspecified atom stereocenters. The van der Waals surface area contributed by atoms with Crippen molar-refractivity contribution in [1.82, 2.24) is 9.21 Å². The van der Waals surface area contributed by atoms with Gasteiger partial charge in [0.25, 0.3) is 0 Å². The molecule has 0 amide bonds. The van der Waals surface area contributed by atoms with Crippen LogP contribution in [0, 0.1) is 0 Å². The summed E-state index contributed by atoms with van der Waals surface area (Å²) in [6.45, 7) is 5.99. The van der Waals surface area contributed by atoms with Crippen LogP contribution in [0.2, 0.25) is 5.02 Å². The summed E-state index contributed by atoms with van der Waals surface area (Å²) in [6, 6.07) is 14.1. The number of ether oxygens (including phenoxy) is 1. The molecule has 2 aliphatic heterocycles. The molecule has 4 rings (SSSR count). The molecule has 0 spiro atoms. The van der Waals surface area contributed by atoms with Crippen LogP contribution in [0.25, 0.3) is 0 Å². The van der Waals surface area contributed by atoms with Crippen molar-refractivity contribution in [2.75, 3.05) is 50.4 Å². The lowest BCUT2D eigenvalue weighted by molar-refractivity contribution is 0.182. The molecule has 0 saturated carbocycles. The molecular weight excluding hydrogens is 434 g/mol. The molecule has 2 aromatic carbocycles. The van der Waals surface area contributed by atoms with E-state index in [2.05, 4.69) is 35.0 Å². The number of hydrogen-bond acceptors (Lipinski definition) is 5. The monoisotopic (exact) mass is 463 g/mol. The van der Waals surface area contributed by atoms with Gasteiger partial charge in [-0.2, -0.15) is 4.31 Å². The predicted octanol–water partition coefficient (Wildman–Crippen LogP) is 3.77. The van der Waals surface area contributed by atoms with Crippen LogP contribution in [0.1, 0.15) is 30.6 Å². The summed E-state index contributed by atoms with van der Waals surface area (Å²) in [4.78, 5) is 4.59. The van der Waals surface area contributed by atoms with Crippen molar-refractivity contribution in [1.29, 1.82) is 0 Å². The first-order valence-corrected chi connectivity index (χ1v) is 12.8. The molecule has 2 aromatic rings. The second-order valence-electron chi connectivity index (χ2n) is 8.26. The van der Waals surface area contributed by atoms with Gasteiger partial charge in [-0.25, -0.2) is 8.42 Å². The molecule has 0 aliphatic carbocycles. The van der Waals surface area contributed by atoms with E-state index >= 15 is 0 Å². The van der Waals surface area contributed by atoms with Crippen molar-refractivity contribution >= 4 is 27.3 Å². The van der Waals surface area contributed by atoms with Crippen molar-refractivity contribution in [3.8, 4) is 5.75 Å². The van der Waals surface area contributed by atoms with Gasteiger partial charge < -0.3 is 14.5 Å². The minimum Gasteiger partial charge on any atom is -0.486 e. The third kappa shape index (κ3) is 5.17. The third-order valence-corrected chi connectivity index (χ3v) is 8.24. The maximum atomic E-state index is 12.2. The molecule has 1 atom stereocenters. The molecule has 1 fully saturated rings. The smallest absolute Gasteiger partial charge is 0.213 e. The first-order chi connectivity index (χ1) is 14.9. The molecule has 8 heteroatoms. The summed E-state index contributed by atoms with van der Waals surface area (Å²) in [5.74, 6) is 0.942. The molecule has 6 nitrogen and oxygen atoms in total. The van der Waals surface area contributed by atoms with Gasteiger partial charge in [0.2, 0.25) is 10.0 Å². The highest BCUT2D eigenvalue weighted by Gasteiger charge is 2.27. The highest BCUT2D eigenvalue weighted by molar-refractivity contribution is 7.89. The predicted molar refractivity (Wildman–Crippen MR) is 125 cm³/mol. The number of hydrogen-bond donors (Lipinski definition) is 0. The van der Waals surface area contributed by atoms with Crippen LogP contribution >= 0.6 is 11.6 Å². The summed E-state index contributed by atoms with van der Waals surface area (Å²) >= 11 is 6.14. The zero-order valence-corrected chi connectivity index (χ0v) is 19.7. The number of sulfonamides is 1. The largest absolute Gasteiger partial charge is 0.486 e. The van der Waals surface area contributed by atoms with Gasteiger partial charge in [0, 0.05) is 56.4 Å². The zero-order chi connectivity index (χ0) is 22.0. The Kier molecular flexibility index (Phi) is 6.77. The summed E-state index contributed by atoms with van der Waals surface area (Å²) < 4.78 is 32.2. The van der Waals surface area contributed by atoms with E-state index in [1.807, 2.05) is 24.3 Å². The summed E-state index contributed by atoms with van der Waals surface area (Å²) in [6.07, 6.45) is 0.877. The van der Waals surface area contributed by atoms with Crippen molar-refractivity contribution in [3.05, 3.63) is 58.6 Å². The van der Waals surface area contributed by atoms with E-state index in [1.54, 1.807) is 11.2 Å². The van der Waals surface area contributed by atoms with E-state index in [-0.39, 0.29) is 11.9 Å². The molecule has 0 aromatic heterocycles. The van der Waals surface area contributed by atoms with Gasteiger partial charge in [0.15, 0.2) is 0 Å². The molecule has 168 valence electrons. The van der Waals surface area contributed by atoms with Crippen LogP contribution in [0.4, 0.5) is 5.69 Å². The Morgan fingerprint density at radius 3 is 2.55 bits per heavy atom. The second-order valence-corrected chi connectivity index (χ2v) is 11.0. The number of benzene rings is 2. The number of fused-ring (bicyclic) bond motifs is 1. The Morgan fingerprint density at radius 2 is 1.84 bits per heavy atom. The molecule has 2 aliphatic rings. The van der Waals surface area contributed by atoms with Gasteiger partial charge in [0.1, 0.15) is 11.9 Å². The topological polar surface area (TPSA) is 53.1 Å². The van der Waals surface area contributed by atoms with Crippen LogP contribution in [-0.2, 0) is 16.6 Å². The number of anilines is 1. The van der Waals surface area contributed by atoms with Crippen molar-refractivity contribution in [2.45, 2.75) is 26.0 Å². The van der Waals surface area contributed by atoms with E-state index in [4.69, 9.17) is 16.3 Å². The zero-order valence-electron chi connectivity index (χ0n) is 18.1. The Bertz CT molecular complexity index is 1020. The van der Waals surface area contributed by atoms with E-state index in [1.165, 1.54) is 11.1 Å². The number of piperazine rings is 1. The average Bonchev–Trinajstić information content (AvgIpc) is 2.92. The number of halogens is 1. The van der Waals surface area contributed by atoms with Crippen LogP contribution in [0.3, 0.4) is 0 Å². The first kappa shape index (κ1) is 22.4. The highest BCUT2D eigenvalue weighted by Crippen LogP contribution is 2.34. The summed E-state index contributed by atoms with van der Waals surface area (Å²) in [5, 5.41) is 0.669.